The first-order chi connectivity index (χ1) is 11.6. The zero-order valence-corrected chi connectivity index (χ0v) is 15.1. The van der Waals surface area contributed by atoms with Gasteiger partial charge in [-0.05, 0) is 56.0 Å². The molecule has 1 aromatic rings. The number of hydrogen-bond acceptors (Lipinski definition) is 3. The Morgan fingerprint density at radius 1 is 1.25 bits per heavy atom. The molecule has 1 aliphatic rings. The van der Waals surface area contributed by atoms with Gasteiger partial charge >= 0.3 is 0 Å². The highest BCUT2D eigenvalue weighted by molar-refractivity contribution is 5.77. The zero-order valence-electron chi connectivity index (χ0n) is 15.1. The van der Waals surface area contributed by atoms with Gasteiger partial charge in [-0.1, -0.05) is 26.0 Å². The van der Waals surface area contributed by atoms with Crippen molar-refractivity contribution in [2.75, 3.05) is 39.3 Å². The monoisotopic (exact) mass is 332 g/mol. The van der Waals surface area contributed by atoms with E-state index in [9.17, 15) is 0 Å². The number of likely N-dealkylation sites (tertiary alicyclic amines) is 1. The van der Waals surface area contributed by atoms with E-state index >= 15 is 0 Å². The largest absolute Gasteiger partial charge is 0.492 e. The minimum absolute atomic E-state index is 0.531. The van der Waals surface area contributed by atoms with Crippen molar-refractivity contribution in [1.82, 2.24) is 10.2 Å². The molecule has 0 spiro atoms. The zero-order chi connectivity index (χ0) is 17.2. The summed E-state index contributed by atoms with van der Waals surface area (Å²) in [4.78, 5) is 6.76. The van der Waals surface area contributed by atoms with E-state index in [1.807, 2.05) is 0 Å². The number of guanidine groups is 1. The molecule has 24 heavy (non-hydrogen) atoms. The second-order valence-electron chi connectivity index (χ2n) is 6.84. The Morgan fingerprint density at radius 2 is 1.96 bits per heavy atom. The summed E-state index contributed by atoms with van der Waals surface area (Å²) in [5.74, 6) is 2.01. The van der Waals surface area contributed by atoms with Gasteiger partial charge in [-0.15, -0.1) is 0 Å². The van der Waals surface area contributed by atoms with Crippen LogP contribution >= 0.6 is 0 Å². The minimum atomic E-state index is 0.531. The highest BCUT2D eigenvalue weighted by atomic mass is 16.5. The van der Waals surface area contributed by atoms with Crippen LogP contribution in [-0.2, 0) is 6.42 Å². The summed E-state index contributed by atoms with van der Waals surface area (Å²) in [6, 6.07) is 8.34. The lowest BCUT2D eigenvalue weighted by atomic mass is 10.1. The van der Waals surface area contributed by atoms with Gasteiger partial charge < -0.3 is 15.8 Å². The Morgan fingerprint density at radius 3 is 2.62 bits per heavy atom. The molecule has 5 heteroatoms. The fourth-order valence-corrected chi connectivity index (χ4v) is 2.72. The number of nitrogens with two attached hydrogens (primary N) is 1. The van der Waals surface area contributed by atoms with Crippen molar-refractivity contribution in [2.45, 2.75) is 33.1 Å². The molecule has 0 aromatic heterocycles. The number of nitrogens with zero attached hydrogens (tertiary/aromatic N) is 2. The van der Waals surface area contributed by atoms with E-state index in [2.05, 4.69) is 53.3 Å². The SMILES string of the molecule is CC(C)CN=C(N)NCCc1ccc(OCCN2CCCC2)cc1. The normalized spacial score (nSPS) is 15.9. The minimum Gasteiger partial charge on any atom is -0.492 e. The van der Waals surface area contributed by atoms with Gasteiger partial charge in [0.2, 0.25) is 0 Å². The molecule has 3 N–H and O–H groups in total. The van der Waals surface area contributed by atoms with Crippen LogP contribution in [0.1, 0.15) is 32.3 Å². The average Bonchev–Trinajstić information content (AvgIpc) is 3.08. The van der Waals surface area contributed by atoms with E-state index in [-0.39, 0.29) is 0 Å². The van der Waals surface area contributed by atoms with Crippen LogP contribution in [-0.4, -0.2) is 50.2 Å². The van der Waals surface area contributed by atoms with Crippen LogP contribution in [0, 0.1) is 5.92 Å². The van der Waals surface area contributed by atoms with E-state index in [4.69, 9.17) is 10.5 Å². The van der Waals surface area contributed by atoms with Crippen molar-refractivity contribution >= 4 is 5.96 Å². The molecule has 0 atom stereocenters. The molecule has 0 amide bonds. The second-order valence-corrected chi connectivity index (χ2v) is 6.84. The molecule has 1 heterocycles. The number of nitrogens with one attached hydrogen (secondary N) is 1. The average molecular weight is 332 g/mol. The molecule has 5 nitrogen and oxygen atoms in total. The molecule has 1 aliphatic heterocycles. The van der Waals surface area contributed by atoms with Gasteiger partial charge in [0.1, 0.15) is 12.4 Å². The molecule has 1 saturated heterocycles. The first-order valence-electron chi connectivity index (χ1n) is 9.11. The molecular formula is C19H32N4O. The number of ether oxygens (including phenoxy) is 1. The van der Waals surface area contributed by atoms with Gasteiger partial charge in [0.25, 0.3) is 0 Å². The maximum atomic E-state index is 5.83. The Bertz CT molecular complexity index is 493. The lowest BCUT2D eigenvalue weighted by molar-refractivity contribution is 0.238. The van der Waals surface area contributed by atoms with Gasteiger partial charge in [-0.2, -0.15) is 0 Å². The third kappa shape index (κ3) is 7.21. The van der Waals surface area contributed by atoms with E-state index in [0.29, 0.717) is 11.9 Å². The van der Waals surface area contributed by atoms with Crippen molar-refractivity contribution in [3.63, 3.8) is 0 Å². The van der Waals surface area contributed by atoms with E-state index in [0.717, 1.165) is 38.4 Å². The maximum Gasteiger partial charge on any atom is 0.188 e. The Labute approximate surface area is 146 Å². The first kappa shape index (κ1) is 18.6. The third-order valence-electron chi connectivity index (χ3n) is 4.14. The van der Waals surface area contributed by atoms with Crippen LogP contribution in [0.2, 0.25) is 0 Å². The summed E-state index contributed by atoms with van der Waals surface area (Å²) in [6.07, 6.45) is 3.58. The lowest BCUT2D eigenvalue weighted by Crippen LogP contribution is -2.33. The molecule has 1 aromatic carbocycles. The summed E-state index contributed by atoms with van der Waals surface area (Å²) in [5.41, 5.74) is 7.10. The highest BCUT2D eigenvalue weighted by Gasteiger charge is 2.10. The number of benzene rings is 1. The van der Waals surface area contributed by atoms with Crippen LogP contribution in [0.15, 0.2) is 29.3 Å². The summed E-state index contributed by atoms with van der Waals surface area (Å²) >= 11 is 0. The fraction of sp³-hybridized carbons (Fsp3) is 0.632. The molecule has 134 valence electrons. The summed E-state index contributed by atoms with van der Waals surface area (Å²) in [5, 5.41) is 3.16. The maximum absolute atomic E-state index is 5.83. The van der Waals surface area contributed by atoms with E-state index < -0.39 is 0 Å². The van der Waals surface area contributed by atoms with Gasteiger partial charge in [-0.25, -0.2) is 0 Å². The Hall–Kier alpha value is -1.75. The molecule has 0 unspecified atom stereocenters. The molecule has 2 rings (SSSR count). The predicted octanol–water partition coefficient (Wildman–Crippen LogP) is 2.26. The number of hydrogen-bond donors (Lipinski definition) is 2. The summed E-state index contributed by atoms with van der Waals surface area (Å²) < 4.78 is 5.82. The van der Waals surface area contributed by atoms with Gasteiger partial charge in [0.15, 0.2) is 5.96 Å². The van der Waals surface area contributed by atoms with Crippen molar-refractivity contribution < 1.29 is 4.74 Å². The quantitative estimate of drug-likeness (QED) is 0.538. The Kier molecular flexibility index (Phi) is 7.89. The molecule has 0 saturated carbocycles. The third-order valence-corrected chi connectivity index (χ3v) is 4.14. The van der Waals surface area contributed by atoms with Gasteiger partial charge in [0, 0.05) is 19.6 Å². The van der Waals surface area contributed by atoms with Crippen molar-refractivity contribution in [1.29, 1.82) is 0 Å². The first-order valence-corrected chi connectivity index (χ1v) is 9.11. The van der Waals surface area contributed by atoms with Crippen molar-refractivity contribution in [3.05, 3.63) is 29.8 Å². The van der Waals surface area contributed by atoms with E-state index in [1.165, 1.54) is 31.5 Å². The van der Waals surface area contributed by atoms with Crippen LogP contribution in [0.4, 0.5) is 0 Å². The van der Waals surface area contributed by atoms with Crippen LogP contribution in [0.3, 0.4) is 0 Å². The van der Waals surface area contributed by atoms with Gasteiger partial charge in [0.05, 0.1) is 0 Å². The van der Waals surface area contributed by atoms with Crippen LogP contribution < -0.4 is 15.8 Å². The number of rotatable bonds is 9. The molecule has 0 aliphatic carbocycles. The fourth-order valence-electron chi connectivity index (χ4n) is 2.72. The molecule has 0 radical (unpaired) electrons. The molecular weight excluding hydrogens is 300 g/mol. The van der Waals surface area contributed by atoms with E-state index in [1.54, 1.807) is 0 Å². The van der Waals surface area contributed by atoms with Crippen molar-refractivity contribution in [3.8, 4) is 5.75 Å². The van der Waals surface area contributed by atoms with Crippen LogP contribution in [0.25, 0.3) is 0 Å². The van der Waals surface area contributed by atoms with Crippen molar-refractivity contribution in [2.24, 2.45) is 16.6 Å². The lowest BCUT2D eigenvalue weighted by Gasteiger charge is -2.15. The highest BCUT2D eigenvalue weighted by Crippen LogP contribution is 2.13. The predicted molar refractivity (Wildman–Crippen MR) is 101 cm³/mol. The Balaban J connectivity index is 1.63. The number of aliphatic imine (C=N–C) groups is 1. The molecule has 1 fully saturated rings. The summed E-state index contributed by atoms with van der Waals surface area (Å²) in [6.45, 7) is 10.1. The molecule has 0 bridgehead atoms. The second kappa shape index (κ2) is 10.2. The smallest absolute Gasteiger partial charge is 0.188 e. The topological polar surface area (TPSA) is 62.9 Å². The standard InChI is InChI=1S/C19H32N4O/c1-16(2)15-22-19(20)21-10-9-17-5-7-18(8-6-17)24-14-13-23-11-3-4-12-23/h5-8,16H,3-4,9-15H2,1-2H3,(H3,20,21,22). The van der Waals surface area contributed by atoms with Gasteiger partial charge in [-0.3, -0.25) is 9.89 Å². The van der Waals surface area contributed by atoms with Crippen LogP contribution in [0.5, 0.6) is 5.75 Å². The summed E-state index contributed by atoms with van der Waals surface area (Å²) in [7, 11) is 0.